The lowest BCUT2D eigenvalue weighted by atomic mass is 10.2. The lowest BCUT2D eigenvalue weighted by Crippen LogP contribution is -2.29. The smallest absolute Gasteiger partial charge is 0.183 e. The van der Waals surface area contributed by atoms with Crippen molar-refractivity contribution in [2.45, 2.75) is 18.5 Å². The van der Waals surface area contributed by atoms with Gasteiger partial charge in [-0.25, -0.2) is 0 Å². The molecule has 4 nitrogen and oxygen atoms in total. The second kappa shape index (κ2) is 1.99. The minimum atomic E-state index is -1.20. The van der Waals surface area contributed by atoms with E-state index in [9.17, 15) is 0 Å². The zero-order chi connectivity index (χ0) is 6.15. The summed E-state index contributed by atoms with van der Waals surface area (Å²) in [6.07, 6.45) is -3.26. The van der Waals surface area contributed by atoms with E-state index >= 15 is 0 Å². The lowest BCUT2D eigenvalue weighted by Gasteiger charge is -2.06. The second-order valence-electron chi connectivity index (χ2n) is 1.78. The molecule has 0 aromatic rings. The van der Waals surface area contributed by atoms with Gasteiger partial charge in [0.25, 0.3) is 0 Å². The van der Waals surface area contributed by atoms with Crippen molar-refractivity contribution in [1.29, 1.82) is 0 Å². The van der Waals surface area contributed by atoms with Crippen LogP contribution in [0.4, 0.5) is 0 Å². The molecule has 1 heterocycles. The van der Waals surface area contributed by atoms with Crippen molar-refractivity contribution in [1.82, 2.24) is 0 Å². The van der Waals surface area contributed by atoms with Crippen LogP contribution < -0.4 is 0 Å². The Morgan fingerprint density at radius 3 is 2.00 bits per heavy atom. The van der Waals surface area contributed by atoms with E-state index in [1.165, 1.54) is 0 Å². The Kier molecular flexibility index (Phi) is 1.48. The van der Waals surface area contributed by atoms with Crippen molar-refractivity contribution in [3.63, 3.8) is 0 Å². The summed E-state index contributed by atoms with van der Waals surface area (Å²) >= 11 is 0. The van der Waals surface area contributed by atoms with E-state index in [4.69, 9.17) is 15.3 Å². The molecule has 0 aromatic carbocycles. The van der Waals surface area contributed by atoms with E-state index in [0.717, 1.165) is 0 Å². The average Bonchev–Trinajstić information content (AvgIpc) is 1.98. The Morgan fingerprint density at radius 1 is 1.25 bits per heavy atom. The molecule has 1 fully saturated rings. The first-order valence-electron chi connectivity index (χ1n) is 2.37. The van der Waals surface area contributed by atoms with E-state index in [2.05, 4.69) is 4.74 Å². The van der Waals surface area contributed by atoms with Gasteiger partial charge in [-0.1, -0.05) is 0 Å². The predicted molar refractivity (Wildman–Crippen MR) is 24.0 cm³/mol. The molecule has 1 saturated heterocycles. The molecule has 8 heavy (non-hydrogen) atoms. The first-order valence-corrected chi connectivity index (χ1v) is 2.37. The molecule has 3 N–H and O–H groups in total. The van der Waals surface area contributed by atoms with Gasteiger partial charge in [0.2, 0.25) is 0 Å². The summed E-state index contributed by atoms with van der Waals surface area (Å²) in [4.78, 5) is 0. The molecule has 1 aliphatic rings. The van der Waals surface area contributed by atoms with E-state index < -0.39 is 18.5 Å². The Morgan fingerprint density at radius 2 is 1.88 bits per heavy atom. The van der Waals surface area contributed by atoms with Gasteiger partial charge >= 0.3 is 0 Å². The van der Waals surface area contributed by atoms with Gasteiger partial charge < -0.3 is 20.1 Å². The maximum Gasteiger partial charge on any atom is 0.183 e. The lowest BCUT2D eigenvalue weighted by molar-refractivity contribution is -0.111. The highest BCUT2D eigenvalue weighted by Gasteiger charge is 2.32. The molecule has 0 amide bonds. The van der Waals surface area contributed by atoms with Crippen LogP contribution in [0.5, 0.6) is 0 Å². The van der Waals surface area contributed by atoms with Crippen LogP contribution in [0.15, 0.2) is 0 Å². The standard InChI is InChI=1S/C4H8O4/c5-2-1-8-4(7)3(2)6/h2-7H,1H2/t2-,3?,4?/m0/s1. The van der Waals surface area contributed by atoms with Gasteiger partial charge in [-0.05, 0) is 0 Å². The first kappa shape index (κ1) is 5.97. The number of aliphatic hydroxyl groups is 3. The van der Waals surface area contributed by atoms with E-state index in [-0.39, 0.29) is 6.61 Å². The van der Waals surface area contributed by atoms with Gasteiger partial charge in [0.15, 0.2) is 6.29 Å². The molecule has 2 unspecified atom stereocenters. The van der Waals surface area contributed by atoms with Gasteiger partial charge in [0.05, 0.1) is 6.61 Å². The van der Waals surface area contributed by atoms with Crippen LogP contribution in [0.3, 0.4) is 0 Å². The molecule has 0 spiro atoms. The second-order valence-corrected chi connectivity index (χ2v) is 1.78. The fourth-order valence-corrected chi connectivity index (χ4v) is 0.584. The van der Waals surface area contributed by atoms with Crippen molar-refractivity contribution >= 4 is 0 Å². The van der Waals surface area contributed by atoms with Crippen LogP contribution in [-0.4, -0.2) is 40.4 Å². The van der Waals surface area contributed by atoms with Crippen molar-refractivity contribution in [2.75, 3.05) is 6.61 Å². The molecule has 3 atom stereocenters. The third-order valence-electron chi connectivity index (χ3n) is 1.12. The van der Waals surface area contributed by atoms with E-state index in [1.54, 1.807) is 0 Å². The molecule has 0 aliphatic carbocycles. The summed E-state index contributed by atoms with van der Waals surface area (Å²) in [7, 11) is 0. The van der Waals surface area contributed by atoms with E-state index in [1.807, 2.05) is 0 Å². The van der Waals surface area contributed by atoms with Gasteiger partial charge in [0, 0.05) is 0 Å². The molecule has 1 rings (SSSR count). The molecule has 0 radical (unpaired) electrons. The largest absolute Gasteiger partial charge is 0.388 e. The fraction of sp³-hybridized carbons (Fsp3) is 1.00. The summed E-state index contributed by atoms with van der Waals surface area (Å²) < 4.78 is 4.43. The number of ether oxygens (including phenoxy) is 1. The summed E-state index contributed by atoms with van der Waals surface area (Å²) in [6.45, 7) is 0.0162. The maximum atomic E-state index is 8.64. The molecule has 1 aliphatic heterocycles. The van der Waals surface area contributed by atoms with Gasteiger partial charge in [-0.2, -0.15) is 0 Å². The monoisotopic (exact) mass is 120 g/mol. The van der Waals surface area contributed by atoms with Crippen LogP contribution in [0, 0.1) is 0 Å². The Labute approximate surface area is 46.3 Å². The fourth-order valence-electron chi connectivity index (χ4n) is 0.584. The van der Waals surface area contributed by atoms with Crippen LogP contribution >= 0.6 is 0 Å². The summed E-state index contributed by atoms with van der Waals surface area (Å²) in [5.41, 5.74) is 0. The van der Waals surface area contributed by atoms with E-state index in [0.29, 0.717) is 0 Å². The average molecular weight is 120 g/mol. The van der Waals surface area contributed by atoms with Crippen LogP contribution in [0.25, 0.3) is 0 Å². The number of aliphatic hydroxyl groups excluding tert-OH is 3. The first-order chi connectivity index (χ1) is 3.72. The van der Waals surface area contributed by atoms with Gasteiger partial charge in [0.1, 0.15) is 12.2 Å². The third kappa shape index (κ3) is 0.830. The third-order valence-corrected chi connectivity index (χ3v) is 1.12. The van der Waals surface area contributed by atoms with Gasteiger partial charge in [-0.3, -0.25) is 0 Å². The topological polar surface area (TPSA) is 69.9 Å². The Balaban J connectivity index is 2.44. The number of hydrogen-bond donors (Lipinski definition) is 3. The van der Waals surface area contributed by atoms with Crippen molar-refractivity contribution in [2.24, 2.45) is 0 Å². The minimum absolute atomic E-state index is 0.0162. The molecule has 4 heteroatoms. The molecule has 0 aromatic heterocycles. The highest BCUT2D eigenvalue weighted by Crippen LogP contribution is 2.10. The Hall–Kier alpha value is -0.160. The highest BCUT2D eigenvalue weighted by molar-refractivity contribution is 4.75. The normalized spacial score (nSPS) is 47.6. The SMILES string of the molecule is OC1OC[C@H](O)C1O. The molecule has 0 bridgehead atoms. The number of hydrogen-bond acceptors (Lipinski definition) is 4. The molecule has 48 valence electrons. The predicted octanol–water partition coefficient (Wildman–Crippen LogP) is -1.94. The van der Waals surface area contributed by atoms with Crippen molar-refractivity contribution in [3.05, 3.63) is 0 Å². The van der Waals surface area contributed by atoms with Crippen LogP contribution in [0.2, 0.25) is 0 Å². The van der Waals surface area contributed by atoms with Crippen LogP contribution in [-0.2, 0) is 4.74 Å². The van der Waals surface area contributed by atoms with Crippen molar-refractivity contribution in [3.8, 4) is 0 Å². The molecule has 0 saturated carbocycles. The van der Waals surface area contributed by atoms with Crippen molar-refractivity contribution < 1.29 is 20.1 Å². The minimum Gasteiger partial charge on any atom is -0.388 e. The molecular formula is C4H8O4. The number of rotatable bonds is 0. The maximum absolute atomic E-state index is 8.64. The zero-order valence-electron chi connectivity index (χ0n) is 4.19. The quantitative estimate of drug-likeness (QED) is 0.348. The zero-order valence-corrected chi connectivity index (χ0v) is 4.19. The summed E-state index contributed by atoms with van der Waals surface area (Å²) in [5, 5.41) is 25.8. The van der Waals surface area contributed by atoms with Gasteiger partial charge in [-0.15, -0.1) is 0 Å². The van der Waals surface area contributed by atoms with Crippen LogP contribution in [0.1, 0.15) is 0 Å². The highest BCUT2D eigenvalue weighted by atomic mass is 16.6. The summed E-state index contributed by atoms with van der Waals surface area (Å²) in [5.74, 6) is 0. The Bertz CT molecular complexity index is 74.1. The summed E-state index contributed by atoms with van der Waals surface area (Å²) in [6, 6.07) is 0. The molecular weight excluding hydrogens is 112 g/mol.